The molecule has 0 bridgehead atoms. The second-order valence-corrected chi connectivity index (χ2v) is 7.24. The molecule has 2 rings (SSSR count). The number of nitrogens with one attached hydrogen (secondary N) is 1. The van der Waals surface area contributed by atoms with Crippen LogP contribution in [0.2, 0.25) is 0 Å². The van der Waals surface area contributed by atoms with Crippen LogP contribution in [0.4, 0.5) is 0 Å². The molecule has 0 aromatic heterocycles. The van der Waals surface area contributed by atoms with Gasteiger partial charge in [-0.2, -0.15) is 0 Å². The topological polar surface area (TPSA) is 86.7 Å². The SMILES string of the molecule is CS(=O)(=O)N1CCC(NC(C(=O)O)C2CC2)CC1. The number of sulfonamides is 1. The van der Waals surface area contributed by atoms with Crippen molar-refractivity contribution < 1.29 is 18.3 Å². The van der Waals surface area contributed by atoms with Gasteiger partial charge in [0.2, 0.25) is 10.0 Å². The molecule has 0 radical (unpaired) electrons. The van der Waals surface area contributed by atoms with Crippen LogP contribution in [-0.4, -0.2) is 55.2 Å². The molecule has 7 heteroatoms. The molecule has 18 heavy (non-hydrogen) atoms. The summed E-state index contributed by atoms with van der Waals surface area (Å²) in [5.41, 5.74) is 0. The van der Waals surface area contributed by atoms with E-state index in [9.17, 15) is 13.2 Å². The standard InChI is InChI=1S/C11H20N2O4S/c1-18(16,17)13-6-4-9(5-7-13)12-10(11(14)15)8-2-3-8/h8-10,12H,2-7H2,1H3,(H,14,15). The van der Waals surface area contributed by atoms with Gasteiger partial charge < -0.3 is 10.4 Å². The van der Waals surface area contributed by atoms with Crippen LogP contribution < -0.4 is 5.32 Å². The van der Waals surface area contributed by atoms with Crippen LogP contribution in [0.25, 0.3) is 0 Å². The molecule has 0 amide bonds. The van der Waals surface area contributed by atoms with E-state index < -0.39 is 22.0 Å². The van der Waals surface area contributed by atoms with Crippen molar-refractivity contribution in [2.24, 2.45) is 5.92 Å². The normalized spacial score (nSPS) is 24.9. The Morgan fingerprint density at radius 3 is 2.22 bits per heavy atom. The average Bonchev–Trinajstić information content (AvgIpc) is 3.08. The summed E-state index contributed by atoms with van der Waals surface area (Å²) in [5, 5.41) is 12.3. The lowest BCUT2D eigenvalue weighted by molar-refractivity contribution is -0.140. The third-order valence-corrected chi connectivity index (χ3v) is 5.00. The van der Waals surface area contributed by atoms with Gasteiger partial charge in [0.05, 0.1) is 6.26 Å². The van der Waals surface area contributed by atoms with Crippen LogP contribution in [0, 0.1) is 5.92 Å². The first-order valence-electron chi connectivity index (χ1n) is 6.32. The van der Waals surface area contributed by atoms with Gasteiger partial charge >= 0.3 is 5.97 Å². The fraction of sp³-hybridized carbons (Fsp3) is 0.909. The van der Waals surface area contributed by atoms with Crippen molar-refractivity contribution in [1.82, 2.24) is 9.62 Å². The van der Waals surface area contributed by atoms with Gasteiger partial charge in [-0.3, -0.25) is 4.79 Å². The molecule has 2 N–H and O–H groups in total. The Balaban J connectivity index is 1.84. The number of nitrogens with zero attached hydrogens (tertiary/aromatic N) is 1. The van der Waals surface area contributed by atoms with Crippen molar-refractivity contribution in [2.75, 3.05) is 19.3 Å². The predicted molar refractivity (Wildman–Crippen MR) is 66.7 cm³/mol. The highest BCUT2D eigenvalue weighted by atomic mass is 32.2. The van der Waals surface area contributed by atoms with Gasteiger partial charge in [-0.05, 0) is 31.6 Å². The zero-order valence-electron chi connectivity index (χ0n) is 10.5. The Morgan fingerprint density at radius 1 is 1.28 bits per heavy atom. The molecular formula is C11H20N2O4S. The lowest BCUT2D eigenvalue weighted by Crippen LogP contribution is -2.50. The average molecular weight is 276 g/mol. The largest absolute Gasteiger partial charge is 0.480 e. The molecule has 1 saturated heterocycles. The van der Waals surface area contributed by atoms with Crippen LogP contribution in [0.3, 0.4) is 0 Å². The molecular weight excluding hydrogens is 256 g/mol. The summed E-state index contributed by atoms with van der Waals surface area (Å²) in [6, 6.07) is -0.343. The molecule has 2 fully saturated rings. The van der Waals surface area contributed by atoms with Crippen LogP contribution >= 0.6 is 0 Å². The van der Waals surface area contributed by atoms with Gasteiger partial charge in [-0.25, -0.2) is 12.7 Å². The number of hydrogen-bond acceptors (Lipinski definition) is 4. The summed E-state index contributed by atoms with van der Waals surface area (Å²) in [6.45, 7) is 0.959. The number of carboxylic acids is 1. The zero-order valence-corrected chi connectivity index (χ0v) is 11.3. The van der Waals surface area contributed by atoms with Crippen molar-refractivity contribution in [3.8, 4) is 0 Å². The van der Waals surface area contributed by atoms with Gasteiger partial charge in [0.1, 0.15) is 6.04 Å². The number of hydrogen-bond donors (Lipinski definition) is 2. The molecule has 2 aliphatic rings. The molecule has 104 valence electrons. The minimum absolute atomic E-state index is 0.115. The number of aliphatic carboxylic acids is 1. The van der Waals surface area contributed by atoms with E-state index >= 15 is 0 Å². The molecule has 1 heterocycles. The third kappa shape index (κ3) is 3.43. The van der Waals surface area contributed by atoms with Crippen molar-refractivity contribution in [3.05, 3.63) is 0 Å². The molecule has 1 aliphatic carbocycles. The quantitative estimate of drug-likeness (QED) is 0.730. The maximum Gasteiger partial charge on any atom is 0.320 e. The van der Waals surface area contributed by atoms with Gasteiger partial charge in [-0.15, -0.1) is 0 Å². The van der Waals surface area contributed by atoms with E-state index in [1.807, 2.05) is 0 Å². The van der Waals surface area contributed by atoms with Gasteiger partial charge in [0.15, 0.2) is 0 Å². The van der Waals surface area contributed by atoms with Crippen LogP contribution in [0.15, 0.2) is 0 Å². The lowest BCUT2D eigenvalue weighted by Gasteiger charge is -2.32. The van der Waals surface area contributed by atoms with E-state index in [0.29, 0.717) is 25.9 Å². The number of piperidine rings is 1. The van der Waals surface area contributed by atoms with Crippen molar-refractivity contribution >= 4 is 16.0 Å². The Bertz CT molecular complexity index is 411. The molecule has 6 nitrogen and oxygen atoms in total. The maximum atomic E-state index is 11.4. The maximum absolute atomic E-state index is 11.4. The van der Waals surface area contributed by atoms with Crippen molar-refractivity contribution in [2.45, 2.75) is 37.8 Å². The minimum Gasteiger partial charge on any atom is -0.480 e. The number of rotatable bonds is 5. The first-order chi connectivity index (χ1) is 8.38. The number of carboxylic acid groups (broad SMARTS) is 1. The highest BCUT2D eigenvalue weighted by molar-refractivity contribution is 7.88. The van der Waals surface area contributed by atoms with E-state index in [1.54, 1.807) is 0 Å². The molecule has 0 spiro atoms. The summed E-state index contributed by atoms with van der Waals surface area (Å²) in [4.78, 5) is 11.1. The molecule has 1 atom stereocenters. The molecule has 1 aliphatic heterocycles. The van der Waals surface area contributed by atoms with Crippen molar-refractivity contribution in [1.29, 1.82) is 0 Å². The molecule has 1 unspecified atom stereocenters. The molecule has 1 saturated carbocycles. The Labute approximate surface area is 107 Å². The summed E-state index contributed by atoms with van der Waals surface area (Å²) in [5.74, 6) is -0.529. The lowest BCUT2D eigenvalue weighted by atomic mass is 10.0. The monoisotopic (exact) mass is 276 g/mol. The highest BCUT2D eigenvalue weighted by Gasteiger charge is 2.38. The summed E-state index contributed by atoms with van der Waals surface area (Å²) in [7, 11) is -3.11. The minimum atomic E-state index is -3.11. The number of carbonyl (C=O) groups is 1. The zero-order chi connectivity index (χ0) is 13.3. The smallest absolute Gasteiger partial charge is 0.320 e. The van der Waals surface area contributed by atoms with Crippen LogP contribution in [0.1, 0.15) is 25.7 Å². The van der Waals surface area contributed by atoms with E-state index in [2.05, 4.69) is 5.32 Å². The second kappa shape index (κ2) is 5.14. The van der Waals surface area contributed by atoms with E-state index in [0.717, 1.165) is 12.8 Å². The Hall–Kier alpha value is -0.660. The summed E-state index contributed by atoms with van der Waals surface area (Å²) >= 11 is 0. The first kappa shape index (κ1) is 13.8. The van der Waals surface area contributed by atoms with E-state index in [4.69, 9.17) is 5.11 Å². The fourth-order valence-electron chi connectivity index (χ4n) is 2.45. The van der Waals surface area contributed by atoms with Crippen molar-refractivity contribution in [3.63, 3.8) is 0 Å². The van der Waals surface area contributed by atoms with Crippen LogP contribution in [0.5, 0.6) is 0 Å². The van der Waals surface area contributed by atoms with Gasteiger partial charge in [0.25, 0.3) is 0 Å². The Morgan fingerprint density at radius 2 is 1.83 bits per heavy atom. The van der Waals surface area contributed by atoms with E-state index in [-0.39, 0.29) is 12.0 Å². The Kier molecular flexibility index (Phi) is 3.93. The molecule has 0 aromatic carbocycles. The molecule has 0 aromatic rings. The van der Waals surface area contributed by atoms with Crippen LogP contribution in [-0.2, 0) is 14.8 Å². The second-order valence-electron chi connectivity index (χ2n) is 5.26. The summed E-state index contributed by atoms with van der Waals surface area (Å²) < 4.78 is 24.2. The van der Waals surface area contributed by atoms with Gasteiger partial charge in [-0.1, -0.05) is 0 Å². The van der Waals surface area contributed by atoms with E-state index in [1.165, 1.54) is 10.6 Å². The van der Waals surface area contributed by atoms with Gasteiger partial charge in [0, 0.05) is 19.1 Å². The predicted octanol–water partition coefficient (Wildman–Crippen LogP) is -0.137. The highest BCUT2D eigenvalue weighted by Crippen LogP contribution is 2.33. The summed E-state index contributed by atoms with van der Waals surface area (Å²) in [6.07, 6.45) is 4.54. The third-order valence-electron chi connectivity index (χ3n) is 3.70. The fourth-order valence-corrected chi connectivity index (χ4v) is 3.32. The first-order valence-corrected chi connectivity index (χ1v) is 8.17.